The van der Waals surface area contributed by atoms with E-state index < -0.39 is 5.91 Å². The largest absolute Gasteiger partial charge is 0.494 e. The Balaban J connectivity index is 1.94. The quantitative estimate of drug-likeness (QED) is 0.841. The van der Waals surface area contributed by atoms with E-state index in [2.05, 4.69) is 5.32 Å². The van der Waals surface area contributed by atoms with Crippen LogP contribution < -0.4 is 5.32 Å². The molecule has 1 N–H and O–H groups in total. The van der Waals surface area contributed by atoms with Crippen LogP contribution in [0.15, 0.2) is 36.3 Å². The highest BCUT2D eigenvalue weighted by molar-refractivity contribution is 6.02. The van der Waals surface area contributed by atoms with Crippen LogP contribution in [0.2, 0.25) is 0 Å². The number of carbonyl (C=O) groups excluding carboxylic acids is 2. The maximum Gasteiger partial charge on any atom is 0.338 e. The Hall–Kier alpha value is -2.50. The SMILES string of the molecule is CCCOC(=O)c1ccc(NC(=O)C2=COCCO2)cc1. The Morgan fingerprint density at radius 2 is 2.00 bits per heavy atom. The maximum atomic E-state index is 11.9. The van der Waals surface area contributed by atoms with Gasteiger partial charge < -0.3 is 19.5 Å². The van der Waals surface area contributed by atoms with Crippen LogP contribution >= 0.6 is 0 Å². The van der Waals surface area contributed by atoms with Gasteiger partial charge in [0.2, 0.25) is 5.76 Å². The molecule has 0 bridgehead atoms. The Labute approximate surface area is 122 Å². The number of anilines is 1. The van der Waals surface area contributed by atoms with Crippen molar-refractivity contribution in [3.05, 3.63) is 41.9 Å². The Bertz CT molecular complexity index is 535. The van der Waals surface area contributed by atoms with Crippen LogP contribution in [0.4, 0.5) is 5.69 Å². The number of benzene rings is 1. The van der Waals surface area contributed by atoms with Crippen molar-refractivity contribution >= 4 is 17.6 Å². The Morgan fingerprint density at radius 1 is 1.24 bits per heavy atom. The minimum absolute atomic E-state index is 0.132. The Morgan fingerprint density at radius 3 is 2.62 bits per heavy atom. The summed E-state index contributed by atoms with van der Waals surface area (Å²) in [6, 6.07) is 6.45. The minimum atomic E-state index is -0.393. The van der Waals surface area contributed by atoms with Crippen molar-refractivity contribution in [2.45, 2.75) is 13.3 Å². The normalized spacial score (nSPS) is 13.5. The van der Waals surface area contributed by atoms with Crippen molar-refractivity contribution in [1.82, 2.24) is 0 Å². The van der Waals surface area contributed by atoms with Gasteiger partial charge in [-0.25, -0.2) is 4.79 Å². The average molecular weight is 291 g/mol. The molecule has 1 aliphatic heterocycles. The molecule has 1 heterocycles. The molecule has 2 rings (SSSR count). The highest BCUT2D eigenvalue weighted by atomic mass is 16.6. The van der Waals surface area contributed by atoms with E-state index in [1.807, 2.05) is 6.92 Å². The fourth-order valence-electron chi connectivity index (χ4n) is 1.65. The summed E-state index contributed by atoms with van der Waals surface area (Å²) in [7, 11) is 0. The van der Waals surface area contributed by atoms with Crippen LogP contribution in [0.1, 0.15) is 23.7 Å². The fraction of sp³-hybridized carbons (Fsp3) is 0.333. The molecule has 0 unspecified atom stereocenters. The lowest BCUT2D eigenvalue weighted by Crippen LogP contribution is -2.21. The maximum absolute atomic E-state index is 11.9. The number of hydrogen-bond acceptors (Lipinski definition) is 5. The molecule has 0 atom stereocenters. The van der Waals surface area contributed by atoms with Gasteiger partial charge in [0, 0.05) is 5.69 Å². The second kappa shape index (κ2) is 7.33. The first-order chi connectivity index (χ1) is 10.2. The van der Waals surface area contributed by atoms with E-state index in [-0.39, 0.29) is 11.7 Å². The van der Waals surface area contributed by atoms with Gasteiger partial charge in [0.05, 0.1) is 12.2 Å². The number of carbonyl (C=O) groups is 2. The molecule has 1 amide bonds. The van der Waals surface area contributed by atoms with Crippen molar-refractivity contribution < 1.29 is 23.8 Å². The number of nitrogens with one attached hydrogen (secondary N) is 1. The second-order valence-corrected chi connectivity index (χ2v) is 4.37. The lowest BCUT2D eigenvalue weighted by atomic mass is 10.2. The molecule has 21 heavy (non-hydrogen) atoms. The van der Waals surface area contributed by atoms with E-state index in [9.17, 15) is 9.59 Å². The molecule has 112 valence electrons. The molecule has 6 nitrogen and oxygen atoms in total. The van der Waals surface area contributed by atoms with E-state index in [1.165, 1.54) is 6.26 Å². The molecular formula is C15H17NO5. The lowest BCUT2D eigenvalue weighted by Gasteiger charge is -2.15. The fourth-order valence-corrected chi connectivity index (χ4v) is 1.65. The van der Waals surface area contributed by atoms with Crippen LogP contribution in [0, 0.1) is 0 Å². The summed E-state index contributed by atoms with van der Waals surface area (Å²) >= 11 is 0. The molecule has 0 aromatic heterocycles. The van der Waals surface area contributed by atoms with Gasteiger partial charge in [-0.2, -0.15) is 0 Å². The van der Waals surface area contributed by atoms with Gasteiger partial charge in [-0.1, -0.05) is 6.92 Å². The zero-order chi connectivity index (χ0) is 15.1. The van der Waals surface area contributed by atoms with E-state index in [1.54, 1.807) is 24.3 Å². The molecule has 0 aliphatic carbocycles. The highest BCUT2D eigenvalue weighted by Gasteiger charge is 2.15. The van der Waals surface area contributed by atoms with Crippen LogP contribution in [-0.2, 0) is 19.0 Å². The van der Waals surface area contributed by atoms with Crippen molar-refractivity contribution in [2.75, 3.05) is 25.1 Å². The number of rotatable bonds is 5. The molecule has 0 fully saturated rings. The van der Waals surface area contributed by atoms with Gasteiger partial charge in [-0.15, -0.1) is 0 Å². The summed E-state index contributed by atoms with van der Waals surface area (Å²) in [6.07, 6.45) is 2.06. The molecule has 1 aromatic rings. The van der Waals surface area contributed by atoms with E-state index in [0.717, 1.165) is 6.42 Å². The van der Waals surface area contributed by atoms with E-state index >= 15 is 0 Å². The van der Waals surface area contributed by atoms with E-state index in [4.69, 9.17) is 14.2 Å². The summed E-state index contributed by atoms with van der Waals surface area (Å²) in [5.74, 6) is -0.634. The number of ether oxygens (including phenoxy) is 3. The molecule has 0 radical (unpaired) electrons. The van der Waals surface area contributed by atoms with Gasteiger partial charge in [0.25, 0.3) is 5.91 Å². The summed E-state index contributed by atoms with van der Waals surface area (Å²) < 4.78 is 15.2. The predicted molar refractivity (Wildman–Crippen MR) is 75.6 cm³/mol. The van der Waals surface area contributed by atoms with Gasteiger partial charge in [0.15, 0.2) is 0 Å². The summed E-state index contributed by atoms with van der Waals surface area (Å²) in [5.41, 5.74) is 1.00. The third-order valence-electron chi connectivity index (χ3n) is 2.69. The van der Waals surface area contributed by atoms with Crippen molar-refractivity contribution in [3.63, 3.8) is 0 Å². The third-order valence-corrected chi connectivity index (χ3v) is 2.69. The average Bonchev–Trinajstić information content (AvgIpc) is 2.54. The molecule has 6 heteroatoms. The first kappa shape index (κ1) is 14.9. The third kappa shape index (κ3) is 4.24. The molecular weight excluding hydrogens is 274 g/mol. The topological polar surface area (TPSA) is 73.9 Å². The summed E-state index contributed by atoms with van der Waals surface area (Å²) in [4.78, 5) is 23.5. The second-order valence-electron chi connectivity index (χ2n) is 4.37. The van der Waals surface area contributed by atoms with Gasteiger partial charge in [0.1, 0.15) is 19.5 Å². The van der Waals surface area contributed by atoms with Crippen molar-refractivity contribution in [2.24, 2.45) is 0 Å². The zero-order valence-electron chi connectivity index (χ0n) is 11.8. The van der Waals surface area contributed by atoms with Crippen LogP contribution in [0.3, 0.4) is 0 Å². The van der Waals surface area contributed by atoms with Gasteiger partial charge >= 0.3 is 5.97 Å². The summed E-state index contributed by atoms with van der Waals surface area (Å²) in [5, 5.41) is 2.66. The minimum Gasteiger partial charge on any atom is -0.494 e. The van der Waals surface area contributed by atoms with Crippen molar-refractivity contribution in [1.29, 1.82) is 0 Å². The standard InChI is InChI=1S/C15H17NO5/c1-2-7-21-15(18)11-3-5-12(6-4-11)16-14(17)13-10-19-8-9-20-13/h3-6,10H,2,7-9H2,1H3,(H,16,17). The molecule has 1 aromatic carbocycles. The lowest BCUT2D eigenvalue weighted by molar-refractivity contribution is -0.117. The first-order valence-electron chi connectivity index (χ1n) is 6.74. The van der Waals surface area contributed by atoms with Gasteiger partial charge in [-0.3, -0.25) is 4.79 Å². The monoisotopic (exact) mass is 291 g/mol. The van der Waals surface area contributed by atoms with Crippen LogP contribution in [-0.4, -0.2) is 31.7 Å². The molecule has 0 saturated carbocycles. The van der Waals surface area contributed by atoms with E-state index in [0.29, 0.717) is 31.1 Å². The smallest absolute Gasteiger partial charge is 0.338 e. The van der Waals surface area contributed by atoms with Crippen LogP contribution in [0.5, 0.6) is 0 Å². The predicted octanol–water partition coefficient (Wildman–Crippen LogP) is 2.08. The first-order valence-corrected chi connectivity index (χ1v) is 6.74. The number of amides is 1. The summed E-state index contributed by atoms with van der Waals surface area (Å²) in [6.45, 7) is 3.10. The Kier molecular flexibility index (Phi) is 5.20. The molecule has 0 spiro atoms. The van der Waals surface area contributed by atoms with Gasteiger partial charge in [-0.05, 0) is 30.7 Å². The molecule has 1 aliphatic rings. The number of esters is 1. The zero-order valence-corrected chi connectivity index (χ0v) is 11.8. The number of hydrogen-bond donors (Lipinski definition) is 1. The van der Waals surface area contributed by atoms with Crippen molar-refractivity contribution in [3.8, 4) is 0 Å². The highest BCUT2D eigenvalue weighted by Crippen LogP contribution is 2.13. The van der Waals surface area contributed by atoms with Crippen LogP contribution in [0.25, 0.3) is 0 Å². The molecule has 0 saturated heterocycles.